The monoisotopic (exact) mass is 1200 g/mol. The fraction of sp³-hybridized carbons (Fsp3) is 0.754. The van der Waals surface area contributed by atoms with E-state index in [0.717, 1.165) is 160 Å². The summed E-state index contributed by atoms with van der Waals surface area (Å²) in [7, 11) is 0. The lowest BCUT2D eigenvalue weighted by Crippen LogP contribution is -2.30. The standard InChI is InChI=1S/C69H118N2O14.H2/c1-5-8-11-32-41-59(73)43-34-26-20-14-17-23-29-38-47-65(76)81-55-63(84-67(78)49-40-31-25-18-15-21-27-35-44-60(74)42-33-12-9-6-2)56-82-66(77)48-39-30-24-19-16-22-28-37-46-62(45-36-13-10-7-3)85-69(80)70-58-51-50-57(4)64(52-58)71-68(79)83-54-61(75)53-72;/h26-28,34-35,37,50-52,59-63,72-75H,5-25,29-33,36,38-49,53-56H2,1-4H3,(H,70,80)(H,71,79);1H/b34-26+,35-27+,37-28+;. The normalized spacial score (nSPS) is 13.4. The number of nitrogens with one attached hydrogen (secondary N) is 2. The molecule has 16 nitrogen and oxygen atoms in total. The smallest absolute Gasteiger partial charge is 0.411 e. The third kappa shape index (κ3) is 49.0. The minimum absolute atomic E-state index is 0. The van der Waals surface area contributed by atoms with Crippen LogP contribution in [0.3, 0.4) is 0 Å². The second-order valence-corrected chi connectivity index (χ2v) is 23.1. The first kappa shape index (κ1) is 78.2. The van der Waals surface area contributed by atoms with Crippen LogP contribution in [0, 0.1) is 6.92 Å². The average molecular weight is 1200 g/mol. The molecule has 16 heteroatoms. The molecule has 0 aliphatic carbocycles. The lowest BCUT2D eigenvalue weighted by molar-refractivity contribution is -0.167. The molecule has 0 aromatic heterocycles. The van der Waals surface area contributed by atoms with Gasteiger partial charge in [0.25, 0.3) is 0 Å². The number of aliphatic hydroxyl groups is 4. The fourth-order valence-corrected chi connectivity index (χ4v) is 9.55. The molecule has 0 fully saturated rings. The topological polar surface area (TPSA) is 236 Å². The molecule has 490 valence electrons. The lowest BCUT2D eigenvalue weighted by Gasteiger charge is -2.18. The predicted octanol–water partition coefficient (Wildman–Crippen LogP) is 16.7. The third-order valence-corrected chi connectivity index (χ3v) is 14.9. The average Bonchev–Trinajstić information content (AvgIpc) is 3.68. The number of esters is 3. The Morgan fingerprint density at radius 1 is 0.447 bits per heavy atom. The van der Waals surface area contributed by atoms with Gasteiger partial charge in [0.15, 0.2) is 6.10 Å². The zero-order valence-electron chi connectivity index (χ0n) is 53.4. The maximum Gasteiger partial charge on any atom is 0.411 e. The van der Waals surface area contributed by atoms with Gasteiger partial charge in [-0.05, 0) is 121 Å². The summed E-state index contributed by atoms with van der Waals surface area (Å²) in [4.78, 5) is 63.8. The number of hydrogen-bond donors (Lipinski definition) is 6. The number of ether oxygens (including phenoxy) is 5. The quantitative estimate of drug-likeness (QED) is 0.0154. The van der Waals surface area contributed by atoms with Gasteiger partial charge >= 0.3 is 30.1 Å². The van der Waals surface area contributed by atoms with E-state index in [2.05, 4.69) is 67.9 Å². The Morgan fingerprint density at radius 2 is 0.882 bits per heavy atom. The van der Waals surface area contributed by atoms with Crippen LogP contribution in [0.5, 0.6) is 0 Å². The molecule has 1 aromatic rings. The summed E-state index contributed by atoms with van der Waals surface area (Å²) < 4.78 is 27.7. The van der Waals surface area contributed by atoms with Crippen LogP contribution in [0.1, 0.15) is 278 Å². The number of hydrogen-bond acceptors (Lipinski definition) is 14. The van der Waals surface area contributed by atoms with Crippen molar-refractivity contribution in [2.45, 2.75) is 309 Å². The van der Waals surface area contributed by atoms with Gasteiger partial charge in [-0.25, -0.2) is 9.59 Å². The van der Waals surface area contributed by atoms with E-state index in [0.29, 0.717) is 49.9 Å². The second-order valence-electron chi connectivity index (χ2n) is 23.1. The van der Waals surface area contributed by atoms with E-state index < -0.39 is 37.0 Å². The van der Waals surface area contributed by atoms with Crippen LogP contribution in [0.25, 0.3) is 0 Å². The van der Waals surface area contributed by atoms with Gasteiger partial charge in [-0.3, -0.25) is 25.0 Å². The van der Waals surface area contributed by atoms with Gasteiger partial charge in [0, 0.05) is 38.5 Å². The number of carbonyl (C=O) groups excluding carboxylic acids is 5. The van der Waals surface area contributed by atoms with Crippen LogP contribution in [0.4, 0.5) is 21.0 Å². The number of carbonyl (C=O) groups is 5. The Bertz CT molecular complexity index is 1930. The Morgan fingerprint density at radius 3 is 1.36 bits per heavy atom. The van der Waals surface area contributed by atoms with Gasteiger partial charge in [0.2, 0.25) is 0 Å². The second kappa shape index (κ2) is 55.8. The Balaban J connectivity index is 0.0000722. The molecular weight excluding hydrogens is 1080 g/mol. The van der Waals surface area contributed by atoms with E-state index in [-0.39, 0.29) is 70.8 Å². The van der Waals surface area contributed by atoms with Crippen LogP contribution < -0.4 is 10.6 Å². The largest absolute Gasteiger partial charge is 0.462 e. The van der Waals surface area contributed by atoms with Crippen molar-refractivity contribution in [2.75, 3.05) is 37.1 Å². The van der Waals surface area contributed by atoms with Gasteiger partial charge < -0.3 is 44.1 Å². The maximum atomic E-state index is 13.0. The Hall–Kier alpha value is -4.77. The highest BCUT2D eigenvalue weighted by molar-refractivity contribution is 5.89. The molecule has 1 rings (SSSR count). The summed E-state index contributed by atoms with van der Waals surface area (Å²) in [5, 5.41) is 44.1. The zero-order valence-corrected chi connectivity index (χ0v) is 53.4. The van der Waals surface area contributed by atoms with Crippen LogP contribution in [0.2, 0.25) is 0 Å². The van der Waals surface area contributed by atoms with Crippen LogP contribution >= 0.6 is 0 Å². The Kier molecular flexibility index (Phi) is 51.4. The van der Waals surface area contributed by atoms with Crippen molar-refractivity contribution >= 4 is 41.5 Å². The molecule has 0 spiro atoms. The molecule has 0 saturated heterocycles. The third-order valence-electron chi connectivity index (χ3n) is 14.9. The van der Waals surface area contributed by atoms with Gasteiger partial charge in [0.1, 0.15) is 32.0 Å². The summed E-state index contributed by atoms with van der Waals surface area (Å²) >= 11 is 0. The molecule has 0 aliphatic heterocycles. The van der Waals surface area contributed by atoms with Crippen LogP contribution in [0.15, 0.2) is 54.7 Å². The molecule has 0 heterocycles. The SMILES string of the molecule is CCCCCCC(O)C/C=C/CCCCCCCC(=O)OCC(COC(=O)CCCCCCC/C=C/CC(CCCCCC)OC(=O)Nc1ccc(C)c(NC(=O)OCC(O)CO)c1)OC(=O)CCCCCCC/C=C/CC(O)CCCCCC.[HH]. The molecule has 5 unspecified atom stereocenters. The van der Waals surface area contributed by atoms with Crippen LogP contribution in [-0.4, -0.2) is 107 Å². The van der Waals surface area contributed by atoms with Crippen LogP contribution in [-0.2, 0) is 38.1 Å². The molecule has 0 aliphatic rings. The summed E-state index contributed by atoms with van der Waals surface area (Å²) in [5.41, 5.74) is 1.57. The van der Waals surface area contributed by atoms with Gasteiger partial charge in [-0.1, -0.05) is 192 Å². The molecule has 85 heavy (non-hydrogen) atoms. The van der Waals surface area contributed by atoms with Crippen molar-refractivity contribution in [1.29, 1.82) is 0 Å². The summed E-state index contributed by atoms with van der Waals surface area (Å²) in [6.45, 7) is 7.07. The number of unbranched alkanes of at least 4 members (excludes halogenated alkanes) is 24. The van der Waals surface area contributed by atoms with E-state index in [4.69, 9.17) is 28.8 Å². The molecule has 5 atom stereocenters. The maximum absolute atomic E-state index is 13.0. The van der Waals surface area contributed by atoms with Gasteiger partial charge in [0.05, 0.1) is 18.8 Å². The number of benzene rings is 1. The van der Waals surface area contributed by atoms with E-state index in [1.54, 1.807) is 25.1 Å². The molecule has 1 aromatic carbocycles. The van der Waals surface area contributed by atoms with Crippen molar-refractivity contribution in [3.63, 3.8) is 0 Å². The van der Waals surface area contributed by atoms with Crippen molar-refractivity contribution < 1.29 is 69.5 Å². The predicted molar refractivity (Wildman–Crippen MR) is 344 cm³/mol. The minimum Gasteiger partial charge on any atom is -0.462 e. The van der Waals surface area contributed by atoms with E-state index in [9.17, 15) is 39.3 Å². The molecule has 2 amide bonds. The summed E-state index contributed by atoms with van der Waals surface area (Å²) in [6.07, 6.45) is 43.9. The number of aryl methyl sites for hydroxylation is 1. The summed E-state index contributed by atoms with van der Waals surface area (Å²) in [5.74, 6) is -1.15. The number of aliphatic hydroxyl groups excluding tert-OH is 4. The number of allylic oxidation sites excluding steroid dienone is 3. The highest BCUT2D eigenvalue weighted by atomic mass is 16.6. The molecule has 6 N–H and O–H groups in total. The van der Waals surface area contributed by atoms with E-state index in [1.165, 1.54) is 38.5 Å². The first-order valence-electron chi connectivity index (χ1n) is 33.4. The van der Waals surface area contributed by atoms with Crippen molar-refractivity contribution in [1.82, 2.24) is 0 Å². The Labute approximate surface area is 514 Å². The molecule has 0 bridgehead atoms. The first-order valence-corrected chi connectivity index (χ1v) is 33.4. The first-order chi connectivity index (χ1) is 41.3. The van der Waals surface area contributed by atoms with Crippen molar-refractivity contribution in [2.24, 2.45) is 0 Å². The lowest BCUT2D eigenvalue weighted by atomic mass is 10.1. The number of amides is 2. The fourth-order valence-electron chi connectivity index (χ4n) is 9.55. The van der Waals surface area contributed by atoms with Crippen molar-refractivity contribution in [3.8, 4) is 0 Å². The number of rotatable bonds is 56. The highest BCUT2D eigenvalue weighted by Crippen LogP contribution is 2.23. The van der Waals surface area contributed by atoms with E-state index >= 15 is 0 Å². The van der Waals surface area contributed by atoms with Crippen molar-refractivity contribution in [3.05, 3.63) is 60.2 Å². The molecular formula is C69H120N2O14. The molecule has 0 saturated carbocycles. The number of anilines is 2. The zero-order chi connectivity index (χ0) is 62.2. The van der Waals surface area contributed by atoms with Gasteiger partial charge in [-0.15, -0.1) is 0 Å². The van der Waals surface area contributed by atoms with Gasteiger partial charge in [-0.2, -0.15) is 0 Å². The molecule has 0 radical (unpaired) electrons. The summed E-state index contributed by atoms with van der Waals surface area (Å²) in [6, 6.07) is 5.04. The van der Waals surface area contributed by atoms with E-state index in [1.807, 2.05) is 0 Å². The highest BCUT2D eigenvalue weighted by Gasteiger charge is 2.20. The minimum atomic E-state index is -1.18.